The van der Waals surface area contributed by atoms with Crippen LogP contribution in [0.3, 0.4) is 0 Å². The maximum absolute atomic E-state index is 13.9. The van der Waals surface area contributed by atoms with Crippen molar-refractivity contribution in [3.8, 4) is 0 Å². The van der Waals surface area contributed by atoms with Gasteiger partial charge in [-0.3, -0.25) is 4.90 Å². The molecule has 2 aromatic rings. The third kappa shape index (κ3) is 5.33. The summed E-state index contributed by atoms with van der Waals surface area (Å²) in [4.78, 5) is 6.51. The van der Waals surface area contributed by atoms with Crippen molar-refractivity contribution in [3.05, 3.63) is 39.7 Å². The summed E-state index contributed by atoms with van der Waals surface area (Å²) in [6, 6.07) is 3.60. The van der Waals surface area contributed by atoms with Gasteiger partial charge < -0.3 is 9.47 Å². The second-order valence-electron chi connectivity index (χ2n) is 8.10. The fourth-order valence-corrected chi connectivity index (χ4v) is 4.67. The Hall–Kier alpha value is -1.94. The van der Waals surface area contributed by atoms with E-state index in [1.165, 1.54) is 4.57 Å². The highest BCUT2D eigenvalue weighted by Crippen LogP contribution is 2.41. The summed E-state index contributed by atoms with van der Waals surface area (Å²) in [6.45, 7) is 4.23. The number of nitrogens with zero attached hydrogens (tertiary/aromatic N) is 4. The van der Waals surface area contributed by atoms with Crippen LogP contribution in [0.25, 0.3) is 0 Å². The minimum atomic E-state index is -4.80. The molecule has 178 valence electrons. The van der Waals surface area contributed by atoms with Crippen molar-refractivity contribution in [2.75, 3.05) is 24.5 Å². The predicted molar refractivity (Wildman–Crippen MR) is 111 cm³/mol. The molecule has 0 fully saturated rings. The lowest BCUT2D eigenvalue weighted by Gasteiger charge is -2.32. The standard InChI is InChI=1S/C21H25ClF6N4/c1-4-6-30(12-20(23,24)25)11-16-18(21(26,27)28)29-19-31(16)7-5-8-32(19)17-14(3)9-13(2)10-15(17)22/h9-10H,4-8,11-12H2,1-3H3. The summed E-state index contributed by atoms with van der Waals surface area (Å²) < 4.78 is 82.1. The second-order valence-corrected chi connectivity index (χ2v) is 8.51. The molecule has 0 N–H and O–H groups in total. The van der Waals surface area contributed by atoms with Gasteiger partial charge in [0, 0.05) is 19.6 Å². The zero-order chi connectivity index (χ0) is 23.8. The molecule has 1 aromatic carbocycles. The Morgan fingerprint density at radius 2 is 1.78 bits per heavy atom. The van der Waals surface area contributed by atoms with Crippen LogP contribution >= 0.6 is 11.6 Å². The van der Waals surface area contributed by atoms with Crippen LogP contribution in [-0.2, 0) is 19.3 Å². The van der Waals surface area contributed by atoms with Gasteiger partial charge in [-0.05, 0) is 50.4 Å². The number of hydrogen-bond donors (Lipinski definition) is 0. The lowest BCUT2D eigenvalue weighted by atomic mass is 10.1. The molecule has 0 saturated heterocycles. The number of rotatable bonds is 6. The van der Waals surface area contributed by atoms with Crippen molar-refractivity contribution in [2.24, 2.45) is 0 Å². The van der Waals surface area contributed by atoms with Gasteiger partial charge in [-0.15, -0.1) is 0 Å². The average Bonchev–Trinajstić information content (AvgIpc) is 2.99. The molecule has 4 nitrogen and oxygen atoms in total. The van der Waals surface area contributed by atoms with E-state index < -0.39 is 31.1 Å². The van der Waals surface area contributed by atoms with E-state index >= 15 is 0 Å². The molecule has 1 aliphatic heterocycles. The molecule has 0 bridgehead atoms. The molecular formula is C21H25ClF6N4. The molecule has 0 aliphatic carbocycles. The van der Waals surface area contributed by atoms with E-state index in [1.807, 2.05) is 19.9 Å². The van der Waals surface area contributed by atoms with Crippen LogP contribution in [0, 0.1) is 13.8 Å². The van der Waals surface area contributed by atoms with Gasteiger partial charge in [0.1, 0.15) is 0 Å². The molecule has 0 unspecified atom stereocenters. The zero-order valence-electron chi connectivity index (χ0n) is 18.0. The Balaban J connectivity index is 2.11. The minimum Gasteiger partial charge on any atom is -0.312 e. The van der Waals surface area contributed by atoms with Gasteiger partial charge in [-0.1, -0.05) is 24.6 Å². The maximum Gasteiger partial charge on any atom is 0.435 e. The summed E-state index contributed by atoms with van der Waals surface area (Å²) in [5.41, 5.74) is 0.852. The number of halogens is 7. The van der Waals surface area contributed by atoms with Gasteiger partial charge in [0.2, 0.25) is 5.95 Å². The first-order valence-corrected chi connectivity index (χ1v) is 10.7. The van der Waals surface area contributed by atoms with Crippen LogP contribution in [0.4, 0.5) is 38.0 Å². The quantitative estimate of drug-likeness (QED) is 0.440. The van der Waals surface area contributed by atoms with E-state index in [0.29, 0.717) is 30.1 Å². The summed E-state index contributed by atoms with van der Waals surface area (Å²) in [6.07, 6.45) is -8.43. The molecule has 0 amide bonds. The van der Waals surface area contributed by atoms with Gasteiger partial charge in [-0.25, -0.2) is 4.98 Å². The topological polar surface area (TPSA) is 24.3 Å². The number of alkyl halides is 6. The molecule has 0 atom stereocenters. The van der Waals surface area contributed by atoms with Crippen molar-refractivity contribution >= 4 is 23.2 Å². The number of fused-ring (bicyclic) bond motifs is 1. The van der Waals surface area contributed by atoms with E-state index in [-0.39, 0.29) is 24.7 Å². The molecule has 11 heteroatoms. The molecular weight excluding hydrogens is 458 g/mol. The molecule has 32 heavy (non-hydrogen) atoms. The zero-order valence-corrected chi connectivity index (χ0v) is 18.8. The Bertz CT molecular complexity index is 943. The summed E-state index contributed by atoms with van der Waals surface area (Å²) >= 11 is 6.44. The van der Waals surface area contributed by atoms with Crippen LogP contribution < -0.4 is 4.90 Å². The van der Waals surface area contributed by atoms with E-state index in [0.717, 1.165) is 16.0 Å². The maximum atomic E-state index is 13.9. The molecule has 0 saturated carbocycles. The second kappa shape index (κ2) is 9.13. The highest BCUT2D eigenvalue weighted by molar-refractivity contribution is 6.33. The molecule has 0 radical (unpaired) electrons. The third-order valence-corrected chi connectivity index (χ3v) is 5.60. The third-order valence-electron chi connectivity index (χ3n) is 5.31. The molecule has 0 spiro atoms. The van der Waals surface area contributed by atoms with Gasteiger partial charge in [0.15, 0.2) is 5.69 Å². The minimum absolute atomic E-state index is 0.0178. The molecule has 2 heterocycles. The van der Waals surface area contributed by atoms with E-state index in [2.05, 4.69) is 4.98 Å². The number of aryl methyl sites for hydroxylation is 2. The fourth-order valence-electron chi connectivity index (χ4n) is 4.25. The summed E-state index contributed by atoms with van der Waals surface area (Å²) in [5, 5.41) is 0.388. The lowest BCUT2D eigenvalue weighted by Crippen LogP contribution is -2.36. The van der Waals surface area contributed by atoms with Crippen molar-refractivity contribution in [1.82, 2.24) is 14.5 Å². The highest BCUT2D eigenvalue weighted by Gasteiger charge is 2.42. The summed E-state index contributed by atoms with van der Waals surface area (Å²) in [5.74, 6) is 0.0517. The van der Waals surface area contributed by atoms with Crippen LogP contribution in [-0.4, -0.2) is 40.3 Å². The normalized spacial score (nSPS) is 14.9. The molecule has 1 aromatic heterocycles. The number of anilines is 2. The van der Waals surface area contributed by atoms with Crippen LogP contribution in [0.15, 0.2) is 12.1 Å². The first kappa shape index (κ1) is 24.7. The lowest BCUT2D eigenvalue weighted by molar-refractivity contribution is -0.149. The van der Waals surface area contributed by atoms with Gasteiger partial charge in [0.05, 0.1) is 22.9 Å². The van der Waals surface area contributed by atoms with Crippen LogP contribution in [0.5, 0.6) is 0 Å². The monoisotopic (exact) mass is 482 g/mol. The Morgan fingerprint density at radius 1 is 1.09 bits per heavy atom. The molecule has 1 aliphatic rings. The first-order valence-electron chi connectivity index (χ1n) is 10.3. The summed E-state index contributed by atoms with van der Waals surface area (Å²) in [7, 11) is 0. The Labute approximate surface area is 187 Å². The number of hydrogen-bond acceptors (Lipinski definition) is 3. The molecule has 3 rings (SSSR count). The van der Waals surface area contributed by atoms with Crippen molar-refractivity contribution in [3.63, 3.8) is 0 Å². The fraction of sp³-hybridized carbons (Fsp3) is 0.571. The Kier molecular flexibility index (Phi) is 7.05. The van der Waals surface area contributed by atoms with Crippen molar-refractivity contribution in [1.29, 1.82) is 0 Å². The number of benzene rings is 1. The number of imidazole rings is 1. The van der Waals surface area contributed by atoms with Crippen molar-refractivity contribution in [2.45, 2.75) is 59.1 Å². The largest absolute Gasteiger partial charge is 0.435 e. The first-order chi connectivity index (χ1) is 14.8. The predicted octanol–water partition coefficient (Wildman–Crippen LogP) is 6.49. The van der Waals surface area contributed by atoms with E-state index in [4.69, 9.17) is 11.6 Å². The van der Waals surface area contributed by atoms with Crippen molar-refractivity contribution < 1.29 is 26.3 Å². The van der Waals surface area contributed by atoms with Crippen LogP contribution in [0.1, 0.15) is 42.3 Å². The van der Waals surface area contributed by atoms with E-state index in [9.17, 15) is 26.3 Å². The van der Waals surface area contributed by atoms with Gasteiger partial charge in [0.25, 0.3) is 0 Å². The average molecular weight is 483 g/mol. The van der Waals surface area contributed by atoms with Gasteiger partial charge in [-0.2, -0.15) is 26.3 Å². The van der Waals surface area contributed by atoms with Crippen LogP contribution in [0.2, 0.25) is 5.02 Å². The number of aromatic nitrogens is 2. The SMILES string of the molecule is CCCN(Cc1c(C(F)(F)F)nc2n1CCCN2c1c(C)cc(C)cc1Cl)CC(F)(F)F. The smallest absolute Gasteiger partial charge is 0.312 e. The van der Waals surface area contributed by atoms with Gasteiger partial charge >= 0.3 is 12.4 Å². The Morgan fingerprint density at radius 3 is 2.34 bits per heavy atom. The van der Waals surface area contributed by atoms with E-state index in [1.54, 1.807) is 17.9 Å². The highest BCUT2D eigenvalue weighted by atomic mass is 35.5.